The molecule has 4 heteroatoms. The van der Waals surface area contributed by atoms with Crippen LogP contribution < -0.4 is 5.32 Å². The van der Waals surface area contributed by atoms with Crippen molar-refractivity contribution in [1.82, 2.24) is 5.32 Å². The molecule has 0 rings (SSSR count). The fourth-order valence-corrected chi connectivity index (χ4v) is 0.926. The van der Waals surface area contributed by atoms with Crippen LogP contribution in [0.3, 0.4) is 0 Å². The molecular weight excluding hydrogens is 170 g/mol. The molecule has 0 bridgehead atoms. The Hall–Kier alpha value is -0.610. The topological polar surface area (TPSA) is 58.6 Å². The number of rotatable bonds is 6. The van der Waals surface area contributed by atoms with Crippen LogP contribution in [0.15, 0.2) is 0 Å². The quantitative estimate of drug-likeness (QED) is 0.625. The molecule has 1 atom stereocenters. The predicted molar refractivity (Wildman–Crippen MR) is 50.3 cm³/mol. The Morgan fingerprint density at radius 3 is 2.62 bits per heavy atom. The number of amides is 1. The average Bonchev–Trinajstić information content (AvgIpc) is 2.00. The van der Waals surface area contributed by atoms with E-state index in [2.05, 4.69) is 5.32 Å². The number of carbonyl (C=O) groups excluding carboxylic acids is 1. The van der Waals surface area contributed by atoms with Crippen LogP contribution in [0.2, 0.25) is 0 Å². The number of carbonyl (C=O) groups is 1. The Labute approximate surface area is 79.3 Å². The molecule has 78 valence electrons. The summed E-state index contributed by atoms with van der Waals surface area (Å²) in [6.07, 6.45) is -0.110. The number of hydrogen-bond acceptors (Lipinski definition) is 3. The maximum absolute atomic E-state index is 11.1. The molecule has 0 aliphatic carbocycles. The molecule has 0 saturated carbocycles. The molecule has 4 nitrogen and oxygen atoms in total. The number of nitrogens with one attached hydrogen (secondary N) is 1. The molecule has 0 aromatic carbocycles. The van der Waals surface area contributed by atoms with E-state index in [1.165, 1.54) is 7.11 Å². The number of ether oxygens (including phenoxy) is 1. The van der Waals surface area contributed by atoms with Gasteiger partial charge in [-0.25, -0.2) is 0 Å². The second kappa shape index (κ2) is 6.86. The van der Waals surface area contributed by atoms with Crippen molar-refractivity contribution in [3.63, 3.8) is 0 Å². The molecule has 0 heterocycles. The first-order valence-corrected chi connectivity index (χ1v) is 4.50. The van der Waals surface area contributed by atoms with Crippen LogP contribution in [0.4, 0.5) is 0 Å². The molecular formula is C9H19NO3. The average molecular weight is 189 g/mol. The van der Waals surface area contributed by atoms with Gasteiger partial charge in [-0.15, -0.1) is 0 Å². The van der Waals surface area contributed by atoms with E-state index in [1.54, 1.807) is 0 Å². The Morgan fingerprint density at radius 2 is 2.15 bits per heavy atom. The van der Waals surface area contributed by atoms with Crippen molar-refractivity contribution in [2.75, 3.05) is 20.3 Å². The summed E-state index contributed by atoms with van der Waals surface area (Å²) in [5.74, 6) is 0.324. The summed E-state index contributed by atoms with van der Waals surface area (Å²) >= 11 is 0. The highest BCUT2D eigenvalue weighted by Crippen LogP contribution is 1.97. The summed E-state index contributed by atoms with van der Waals surface area (Å²) in [7, 11) is 1.51. The van der Waals surface area contributed by atoms with E-state index in [0.29, 0.717) is 12.3 Å². The molecule has 0 saturated heterocycles. The van der Waals surface area contributed by atoms with E-state index >= 15 is 0 Å². The zero-order valence-electron chi connectivity index (χ0n) is 8.54. The van der Waals surface area contributed by atoms with Gasteiger partial charge in [0.15, 0.2) is 0 Å². The number of hydrogen-bond donors (Lipinski definition) is 2. The van der Waals surface area contributed by atoms with E-state index in [1.807, 2.05) is 13.8 Å². The molecule has 0 aromatic heterocycles. The molecule has 0 aromatic rings. The van der Waals surface area contributed by atoms with Gasteiger partial charge in [0.2, 0.25) is 5.91 Å². The third kappa shape index (κ3) is 7.74. The third-order valence-electron chi connectivity index (χ3n) is 1.49. The summed E-state index contributed by atoms with van der Waals surface area (Å²) in [6, 6.07) is 0. The van der Waals surface area contributed by atoms with E-state index < -0.39 is 6.10 Å². The van der Waals surface area contributed by atoms with Crippen molar-refractivity contribution < 1.29 is 14.6 Å². The lowest BCUT2D eigenvalue weighted by atomic mass is 10.1. The Morgan fingerprint density at radius 1 is 1.54 bits per heavy atom. The van der Waals surface area contributed by atoms with Gasteiger partial charge in [-0.2, -0.15) is 0 Å². The maximum atomic E-state index is 11.1. The molecule has 0 aliphatic heterocycles. The second-order valence-corrected chi connectivity index (χ2v) is 3.51. The monoisotopic (exact) mass is 189 g/mol. The fraction of sp³-hybridized carbons (Fsp3) is 0.889. The van der Waals surface area contributed by atoms with Crippen LogP contribution in [-0.2, 0) is 9.53 Å². The summed E-state index contributed by atoms with van der Waals surface area (Å²) in [6.45, 7) is 4.47. The Bertz CT molecular complexity index is 148. The number of methoxy groups -OCH3 is 1. The molecule has 0 aliphatic rings. The van der Waals surface area contributed by atoms with E-state index in [4.69, 9.17) is 4.74 Å². The van der Waals surface area contributed by atoms with Crippen LogP contribution in [0.25, 0.3) is 0 Å². The fourth-order valence-electron chi connectivity index (χ4n) is 0.926. The summed E-state index contributed by atoms with van der Waals surface area (Å²) in [5, 5.41) is 11.8. The molecule has 0 spiro atoms. The molecule has 2 N–H and O–H groups in total. The van der Waals surface area contributed by atoms with Crippen molar-refractivity contribution in [3.8, 4) is 0 Å². The van der Waals surface area contributed by atoms with Crippen molar-refractivity contribution >= 4 is 5.91 Å². The van der Waals surface area contributed by atoms with Gasteiger partial charge in [-0.05, 0) is 5.92 Å². The van der Waals surface area contributed by atoms with Crippen LogP contribution >= 0.6 is 0 Å². The lowest BCUT2D eigenvalue weighted by Gasteiger charge is -2.11. The minimum absolute atomic E-state index is 0.0230. The normalized spacial score (nSPS) is 13.0. The van der Waals surface area contributed by atoms with Crippen molar-refractivity contribution in [2.45, 2.75) is 26.4 Å². The summed E-state index contributed by atoms with van der Waals surface area (Å²) in [5.41, 5.74) is 0. The minimum Gasteiger partial charge on any atom is -0.389 e. The number of aliphatic hydroxyl groups excluding tert-OH is 1. The molecule has 0 fully saturated rings. The van der Waals surface area contributed by atoms with Gasteiger partial charge < -0.3 is 15.2 Å². The van der Waals surface area contributed by atoms with E-state index in [9.17, 15) is 9.90 Å². The van der Waals surface area contributed by atoms with Gasteiger partial charge in [0.1, 0.15) is 0 Å². The SMILES string of the molecule is COCC(O)CNC(=O)CC(C)C. The van der Waals surface area contributed by atoms with Crippen LogP contribution in [-0.4, -0.2) is 37.4 Å². The van der Waals surface area contributed by atoms with Crippen molar-refractivity contribution in [2.24, 2.45) is 5.92 Å². The van der Waals surface area contributed by atoms with Gasteiger partial charge >= 0.3 is 0 Å². The maximum Gasteiger partial charge on any atom is 0.220 e. The van der Waals surface area contributed by atoms with Gasteiger partial charge in [-0.1, -0.05) is 13.8 Å². The predicted octanol–water partition coefficient (Wildman–Crippen LogP) is 0.156. The lowest BCUT2D eigenvalue weighted by Crippen LogP contribution is -2.34. The van der Waals surface area contributed by atoms with Gasteiger partial charge in [0.25, 0.3) is 0 Å². The summed E-state index contributed by atoms with van der Waals surface area (Å²) < 4.78 is 4.72. The summed E-state index contributed by atoms with van der Waals surface area (Å²) in [4.78, 5) is 11.1. The molecule has 13 heavy (non-hydrogen) atoms. The first kappa shape index (κ1) is 12.4. The van der Waals surface area contributed by atoms with Crippen LogP contribution in [0, 0.1) is 5.92 Å². The molecule has 1 amide bonds. The zero-order valence-corrected chi connectivity index (χ0v) is 8.54. The van der Waals surface area contributed by atoms with Crippen molar-refractivity contribution in [1.29, 1.82) is 0 Å². The lowest BCUT2D eigenvalue weighted by molar-refractivity contribution is -0.122. The van der Waals surface area contributed by atoms with Crippen molar-refractivity contribution in [3.05, 3.63) is 0 Å². The highest BCUT2D eigenvalue weighted by Gasteiger charge is 2.07. The second-order valence-electron chi connectivity index (χ2n) is 3.51. The Balaban J connectivity index is 3.46. The largest absolute Gasteiger partial charge is 0.389 e. The molecule has 0 radical (unpaired) electrons. The minimum atomic E-state index is -0.610. The van der Waals surface area contributed by atoms with Gasteiger partial charge in [0.05, 0.1) is 12.7 Å². The first-order chi connectivity index (χ1) is 6.06. The van der Waals surface area contributed by atoms with Crippen LogP contribution in [0.5, 0.6) is 0 Å². The highest BCUT2D eigenvalue weighted by molar-refractivity contribution is 5.76. The smallest absolute Gasteiger partial charge is 0.220 e. The molecule has 1 unspecified atom stereocenters. The first-order valence-electron chi connectivity index (χ1n) is 4.50. The van der Waals surface area contributed by atoms with Gasteiger partial charge in [-0.3, -0.25) is 4.79 Å². The van der Waals surface area contributed by atoms with Crippen LogP contribution in [0.1, 0.15) is 20.3 Å². The highest BCUT2D eigenvalue weighted by atomic mass is 16.5. The zero-order chi connectivity index (χ0) is 10.3. The number of aliphatic hydroxyl groups is 1. The van der Waals surface area contributed by atoms with Gasteiger partial charge in [0, 0.05) is 20.1 Å². The standard InChI is InChI=1S/C9H19NO3/c1-7(2)4-9(12)10-5-8(11)6-13-3/h7-8,11H,4-6H2,1-3H3,(H,10,12). The third-order valence-corrected chi connectivity index (χ3v) is 1.49. The Kier molecular flexibility index (Phi) is 6.54. The van der Waals surface area contributed by atoms with E-state index in [0.717, 1.165) is 0 Å². The van der Waals surface area contributed by atoms with E-state index in [-0.39, 0.29) is 19.1 Å².